The summed E-state index contributed by atoms with van der Waals surface area (Å²) in [6, 6.07) is 2.87. The molecule has 0 aliphatic heterocycles. The average Bonchev–Trinajstić information content (AvgIpc) is 2.96. The maximum Gasteiger partial charge on any atom is 0.259 e. The molecule has 1 aliphatic carbocycles. The van der Waals surface area contributed by atoms with Crippen LogP contribution in [0.15, 0.2) is 16.8 Å². The van der Waals surface area contributed by atoms with E-state index in [0.29, 0.717) is 23.8 Å². The maximum absolute atomic E-state index is 5.25. The van der Waals surface area contributed by atoms with Crippen LogP contribution < -0.4 is 10.6 Å². The smallest absolute Gasteiger partial charge is 0.259 e. The molecule has 0 amide bonds. The van der Waals surface area contributed by atoms with Crippen molar-refractivity contribution in [3.05, 3.63) is 18.1 Å². The van der Waals surface area contributed by atoms with Crippen LogP contribution in [0.2, 0.25) is 0 Å². The molecule has 0 unspecified atom stereocenters. The third-order valence-corrected chi connectivity index (χ3v) is 4.05. The van der Waals surface area contributed by atoms with Gasteiger partial charge in [-0.25, -0.2) is 4.98 Å². The van der Waals surface area contributed by atoms with Gasteiger partial charge < -0.3 is 15.2 Å². The summed E-state index contributed by atoms with van der Waals surface area (Å²) in [5.41, 5.74) is 1.82. The maximum atomic E-state index is 5.25. The Morgan fingerprint density at radius 1 is 1.22 bits per heavy atom. The van der Waals surface area contributed by atoms with Crippen LogP contribution in [0.5, 0.6) is 0 Å². The molecular weight excluding hydrogens is 290 g/mol. The van der Waals surface area contributed by atoms with Gasteiger partial charge in [-0.3, -0.25) is 0 Å². The van der Waals surface area contributed by atoms with Crippen LogP contribution in [0.25, 0.3) is 11.5 Å². The molecule has 0 spiro atoms. The zero-order chi connectivity index (χ0) is 16.2. The highest BCUT2D eigenvalue weighted by Crippen LogP contribution is 2.29. The Balaban J connectivity index is 1.85. The number of nitrogens with one attached hydrogen (secondary N) is 2. The molecule has 23 heavy (non-hydrogen) atoms. The Morgan fingerprint density at radius 3 is 2.65 bits per heavy atom. The fourth-order valence-corrected chi connectivity index (χ4v) is 2.97. The average molecular weight is 315 g/mol. The molecular formula is C17H25N5O. The van der Waals surface area contributed by atoms with Crippen LogP contribution in [0.1, 0.15) is 51.8 Å². The first-order chi connectivity index (χ1) is 11.1. The molecule has 0 saturated heterocycles. The summed E-state index contributed by atoms with van der Waals surface area (Å²) in [5.74, 6) is 2.04. The highest BCUT2D eigenvalue weighted by atomic mass is 16.5. The van der Waals surface area contributed by atoms with Gasteiger partial charge in [-0.15, -0.1) is 0 Å². The van der Waals surface area contributed by atoms with Crippen molar-refractivity contribution in [3.63, 3.8) is 0 Å². The van der Waals surface area contributed by atoms with Gasteiger partial charge in [-0.05, 0) is 39.7 Å². The quantitative estimate of drug-likeness (QED) is 0.868. The third-order valence-electron chi connectivity index (χ3n) is 4.05. The molecule has 2 aromatic rings. The lowest BCUT2D eigenvalue weighted by Gasteiger charge is -2.25. The lowest BCUT2D eigenvalue weighted by Crippen LogP contribution is -2.24. The topological polar surface area (TPSA) is 75.9 Å². The van der Waals surface area contributed by atoms with E-state index in [1.807, 2.05) is 13.0 Å². The number of aryl methyl sites for hydroxylation is 1. The van der Waals surface area contributed by atoms with Gasteiger partial charge in [0.1, 0.15) is 5.82 Å². The van der Waals surface area contributed by atoms with Gasteiger partial charge in [-0.1, -0.05) is 24.4 Å². The number of aromatic nitrogens is 3. The number of nitrogens with zero attached hydrogens (tertiary/aromatic N) is 3. The first-order valence-electron chi connectivity index (χ1n) is 8.45. The molecule has 124 valence electrons. The number of pyridine rings is 1. The molecule has 1 saturated carbocycles. The number of rotatable bonds is 5. The summed E-state index contributed by atoms with van der Waals surface area (Å²) in [6.07, 6.45) is 8.16. The largest absolute Gasteiger partial charge is 0.380 e. The molecule has 6 nitrogen and oxygen atoms in total. The van der Waals surface area contributed by atoms with Crippen molar-refractivity contribution in [1.29, 1.82) is 0 Å². The van der Waals surface area contributed by atoms with Crippen molar-refractivity contribution in [2.45, 2.75) is 65.0 Å². The molecule has 0 radical (unpaired) electrons. The third kappa shape index (κ3) is 4.00. The van der Waals surface area contributed by atoms with Crippen LogP contribution in [0.4, 0.5) is 11.5 Å². The molecule has 3 rings (SSSR count). The van der Waals surface area contributed by atoms with Crippen LogP contribution in [0.3, 0.4) is 0 Å². The van der Waals surface area contributed by atoms with E-state index < -0.39 is 0 Å². The molecule has 2 aromatic heterocycles. The lowest BCUT2D eigenvalue weighted by molar-refractivity contribution is 0.425. The van der Waals surface area contributed by atoms with Gasteiger partial charge in [0.15, 0.2) is 5.82 Å². The second-order valence-corrected chi connectivity index (χ2v) is 6.55. The van der Waals surface area contributed by atoms with Crippen molar-refractivity contribution in [2.24, 2.45) is 0 Å². The second-order valence-electron chi connectivity index (χ2n) is 6.55. The Labute approximate surface area is 137 Å². The summed E-state index contributed by atoms with van der Waals surface area (Å²) in [6.45, 7) is 6.05. The second kappa shape index (κ2) is 6.98. The summed E-state index contributed by atoms with van der Waals surface area (Å²) < 4.78 is 5.25. The van der Waals surface area contributed by atoms with E-state index in [4.69, 9.17) is 4.52 Å². The summed E-state index contributed by atoms with van der Waals surface area (Å²) in [5, 5.41) is 10.9. The normalized spacial score (nSPS) is 15.8. The molecule has 2 N–H and O–H groups in total. The summed E-state index contributed by atoms with van der Waals surface area (Å²) in [4.78, 5) is 8.89. The number of anilines is 2. The van der Waals surface area contributed by atoms with E-state index >= 15 is 0 Å². The minimum absolute atomic E-state index is 0.323. The van der Waals surface area contributed by atoms with E-state index in [9.17, 15) is 0 Å². The zero-order valence-electron chi connectivity index (χ0n) is 14.1. The minimum atomic E-state index is 0.323. The van der Waals surface area contributed by atoms with Crippen molar-refractivity contribution in [2.75, 3.05) is 10.6 Å². The van der Waals surface area contributed by atoms with Gasteiger partial charge in [0.2, 0.25) is 0 Å². The van der Waals surface area contributed by atoms with Gasteiger partial charge in [-0.2, -0.15) is 4.98 Å². The summed E-state index contributed by atoms with van der Waals surface area (Å²) in [7, 11) is 0. The van der Waals surface area contributed by atoms with Crippen molar-refractivity contribution in [1.82, 2.24) is 15.1 Å². The van der Waals surface area contributed by atoms with Crippen molar-refractivity contribution < 1.29 is 4.52 Å². The molecule has 0 atom stereocenters. The standard InChI is InChI=1S/C17H25N5O/c1-11(2)19-15-9-13(17-20-12(3)22-23-17)10-18-16(15)21-14-7-5-4-6-8-14/h9-11,14,19H,4-8H2,1-3H3,(H,18,21). The zero-order valence-corrected chi connectivity index (χ0v) is 14.1. The van der Waals surface area contributed by atoms with Crippen LogP contribution in [0, 0.1) is 6.92 Å². The minimum Gasteiger partial charge on any atom is -0.380 e. The Morgan fingerprint density at radius 2 is 2.00 bits per heavy atom. The van der Waals surface area contributed by atoms with Gasteiger partial charge >= 0.3 is 0 Å². The van der Waals surface area contributed by atoms with E-state index in [0.717, 1.165) is 17.1 Å². The van der Waals surface area contributed by atoms with Crippen LogP contribution >= 0.6 is 0 Å². The highest BCUT2D eigenvalue weighted by molar-refractivity contribution is 5.71. The van der Waals surface area contributed by atoms with Crippen LogP contribution in [-0.4, -0.2) is 27.2 Å². The first kappa shape index (κ1) is 15.8. The van der Waals surface area contributed by atoms with Crippen LogP contribution in [-0.2, 0) is 0 Å². The molecule has 2 heterocycles. The highest BCUT2D eigenvalue weighted by Gasteiger charge is 2.17. The van der Waals surface area contributed by atoms with E-state index in [2.05, 4.69) is 39.6 Å². The van der Waals surface area contributed by atoms with Gasteiger partial charge in [0, 0.05) is 18.3 Å². The molecule has 1 aliphatic rings. The van der Waals surface area contributed by atoms with Crippen molar-refractivity contribution >= 4 is 11.5 Å². The van der Waals surface area contributed by atoms with Gasteiger partial charge in [0.25, 0.3) is 5.89 Å². The Bertz CT molecular complexity index is 646. The van der Waals surface area contributed by atoms with E-state index in [1.54, 1.807) is 6.20 Å². The van der Waals surface area contributed by atoms with Crippen molar-refractivity contribution in [3.8, 4) is 11.5 Å². The molecule has 0 aromatic carbocycles. The predicted molar refractivity (Wildman–Crippen MR) is 91.5 cm³/mol. The van der Waals surface area contributed by atoms with Gasteiger partial charge in [0.05, 0.1) is 11.3 Å². The fraction of sp³-hybridized carbons (Fsp3) is 0.588. The number of hydrogen-bond acceptors (Lipinski definition) is 6. The first-order valence-corrected chi connectivity index (χ1v) is 8.45. The Kier molecular flexibility index (Phi) is 4.79. The Hall–Kier alpha value is -2.11. The fourth-order valence-electron chi connectivity index (χ4n) is 2.97. The monoisotopic (exact) mass is 315 g/mol. The number of hydrogen-bond donors (Lipinski definition) is 2. The molecule has 6 heteroatoms. The lowest BCUT2D eigenvalue weighted by atomic mass is 9.95. The molecule has 1 fully saturated rings. The summed E-state index contributed by atoms with van der Waals surface area (Å²) >= 11 is 0. The predicted octanol–water partition coefficient (Wildman–Crippen LogP) is 4.00. The molecule has 0 bridgehead atoms. The van der Waals surface area contributed by atoms with E-state index in [1.165, 1.54) is 32.1 Å². The SMILES string of the molecule is Cc1noc(-c2cnc(NC3CCCCC3)c(NC(C)C)c2)n1. The van der Waals surface area contributed by atoms with E-state index in [-0.39, 0.29) is 0 Å².